The molecule has 0 atom stereocenters. The van der Waals surface area contributed by atoms with Crippen molar-refractivity contribution >= 4 is 10.1 Å². The van der Waals surface area contributed by atoms with Crippen LogP contribution in [-0.4, -0.2) is 18.7 Å². The van der Waals surface area contributed by atoms with Crippen molar-refractivity contribution in [3.8, 4) is 0 Å². The van der Waals surface area contributed by atoms with Crippen molar-refractivity contribution in [2.75, 3.05) is 5.75 Å². The third-order valence-electron chi connectivity index (χ3n) is 1.22. The largest absolute Gasteiger partial charge is 0.748 e. The number of aromatic amines is 1. The molecule has 74 valence electrons. The molecular weight excluding hydrogens is 190 g/mol. The van der Waals surface area contributed by atoms with Gasteiger partial charge in [-0.2, -0.15) is 0 Å². The molecule has 1 N–H and O–H groups in total. The highest BCUT2D eigenvalue weighted by Gasteiger charge is 1.81. The molecule has 0 aliphatic carbocycles. The predicted octanol–water partition coefficient (Wildman–Crippen LogP) is 0.361. The van der Waals surface area contributed by atoms with Crippen LogP contribution in [0.5, 0.6) is 0 Å². The molecule has 0 aromatic carbocycles. The Morgan fingerprint density at radius 1 is 1.46 bits per heavy atom. The summed E-state index contributed by atoms with van der Waals surface area (Å²) < 4.78 is 28.3. The summed E-state index contributed by atoms with van der Waals surface area (Å²) in [5, 5.41) is 0. The first kappa shape index (κ1) is 12.1. The number of hydrogen-bond donors (Lipinski definition) is 0. The number of rotatable bonds is 1. The maximum atomic E-state index is 9.44. The Balaban J connectivity index is 0.000000226. The molecule has 0 aliphatic rings. The molecule has 0 radical (unpaired) electrons. The van der Waals surface area contributed by atoms with Crippen LogP contribution in [0.25, 0.3) is 0 Å². The molecule has 0 aliphatic heterocycles. The van der Waals surface area contributed by atoms with E-state index in [4.69, 9.17) is 0 Å². The summed E-state index contributed by atoms with van der Waals surface area (Å²) in [5.74, 6) is -0.312. The van der Waals surface area contributed by atoms with Crippen molar-refractivity contribution in [1.82, 2.24) is 0 Å². The zero-order valence-corrected chi connectivity index (χ0v) is 8.47. The van der Waals surface area contributed by atoms with Crippen molar-refractivity contribution in [2.24, 2.45) is 0 Å². The Bertz CT molecular complexity index is 321. The highest BCUT2D eigenvalue weighted by atomic mass is 32.2. The van der Waals surface area contributed by atoms with Gasteiger partial charge in [-0.3, -0.25) is 0 Å². The monoisotopic (exact) mass is 203 g/mol. The Morgan fingerprint density at radius 2 is 2.00 bits per heavy atom. The standard InChI is InChI=1S/C6H7N.C2H6O3S/c1-6-4-2-3-5-7-6;1-2-6(3,4)5/h2-5H,1H3;2H2,1H3,(H,3,4,5). The fourth-order valence-electron chi connectivity index (χ4n) is 0.483. The van der Waals surface area contributed by atoms with Gasteiger partial charge in [0, 0.05) is 24.8 Å². The molecule has 0 unspecified atom stereocenters. The summed E-state index contributed by atoms with van der Waals surface area (Å²) in [7, 11) is -3.91. The molecule has 0 saturated carbocycles. The summed E-state index contributed by atoms with van der Waals surface area (Å²) in [4.78, 5) is 3.03. The number of aryl methyl sites for hydroxylation is 1. The van der Waals surface area contributed by atoms with Gasteiger partial charge in [-0.25, -0.2) is 13.4 Å². The van der Waals surface area contributed by atoms with Crippen LogP contribution in [0.4, 0.5) is 0 Å². The molecule has 0 amide bonds. The van der Waals surface area contributed by atoms with E-state index in [1.165, 1.54) is 12.6 Å². The zero-order chi connectivity index (χ0) is 10.3. The van der Waals surface area contributed by atoms with Gasteiger partial charge >= 0.3 is 0 Å². The lowest BCUT2D eigenvalue weighted by Gasteiger charge is -1.97. The zero-order valence-electron chi connectivity index (χ0n) is 7.65. The van der Waals surface area contributed by atoms with Crippen LogP contribution < -0.4 is 4.98 Å². The average molecular weight is 203 g/mol. The lowest BCUT2D eigenvalue weighted by molar-refractivity contribution is -0.387. The van der Waals surface area contributed by atoms with Gasteiger partial charge in [0.1, 0.15) is 0 Å². The Morgan fingerprint density at radius 3 is 2.15 bits per heavy atom. The third kappa shape index (κ3) is 8.97. The lowest BCUT2D eigenvalue weighted by Crippen LogP contribution is -2.02. The molecule has 0 fully saturated rings. The second kappa shape index (κ2) is 5.66. The van der Waals surface area contributed by atoms with Gasteiger partial charge in [-0.15, -0.1) is 0 Å². The summed E-state index contributed by atoms with van der Waals surface area (Å²) in [6.07, 6.45) is 1.91. The van der Waals surface area contributed by atoms with Gasteiger partial charge in [0.15, 0.2) is 11.9 Å². The summed E-state index contributed by atoms with van der Waals surface area (Å²) in [6, 6.07) is 6.00. The maximum absolute atomic E-state index is 9.44. The number of hydrogen-bond acceptors (Lipinski definition) is 3. The molecule has 5 heteroatoms. The molecule has 1 aromatic heterocycles. The fraction of sp³-hybridized carbons (Fsp3) is 0.375. The quantitative estimate of drug-likeness (QED) is 0.619. The van der Waals surface area contributed by atoms with E-state index < -0.39 is 10.1 Å². The van der Waals surface area contributed by atoms with Gasteiger partial charge in [-0.1, -0.05) is 13.0 Å². The maximum Gasteiger partial charge on any atom is 0.176 e. The number of H-pyrrole nitrogens is 1. The number of pyridine rings is 1. The van der Waals surface area contributed by atoms with E-state index >= 15 is 0 Å². The van der Waals surface area contributed by atoms with Gasteiger partial charge in [0.05, 0.1) is 10.1 Å². The van der Waals surface area contributed by atoms with Crippen LogP contribution in [0.3, 0.4) is 0 Å². The molecule has 13 heavy (non-hydrogen) atoms. The normalized spacial score (nSPS) is 10.1. The van der Waals surface area contributed by atoms with Gasteiger partial charge in [0.25, 0.3) is 0 Å². The van der Waals surface area contributed by atoms with Crippen molar-refractivity contribution in [3.05, 3.63) is 30.1 Å². The van der Waals surface area contributed by atoms with Crippen LogP contribution >= 0.6 is 0 Å². The highest BCUT2D eigenvalue weighted by molar-refractivity contribution is 7.85. The average Bonchev–Trinajstić information content (AvgIpc) is 2.06. The molecule has 0 bridgehead atoms. The Kier molecular flexibility index (Phi) is 5.25. The van der Waals surface area contributed by atoms with E-state index in [1.807, 2.05) is 31.3 Å². The molecule has 4 nitrogen and oxygen atoms in total. The first-order valence-electron chi connectivity index (χ1n) is 3.82. The minimum Gasteiger partial charge on any atom is -0.748 e. The van der Waals surface area contributed by atoms with Crippen LogP contribution in [0.1, 0.15) is 12.6 Å². The Hall–Kier alpha value is -0.940. The lowest BCUT2D eigenvalue weighted by atomic mass is 10.4. The van der Waals surface area contributed by atoms with Crippen molar-refractivity contribution in [2.45, 2.75) is 13.8 Å². The van der Waals surface area contributed by atoms with E-state index in [0.717, 1.165) is 0 Å². The SMILES string of the molecule is CCS(=O)(=O)[O-].Cc1cccc[nH+]1. The molecule has 1 heterocycles. The molecule has 0 saturated heterocycles. The summed E-state index contributed by atoms with van der Waals surface area (Å²) in [5.41, 5.74) is 1.20. The Labute approximate surface area is 78.4 Å². The van der Waals surface area contributed by atoms with E-state index in [1.54, 1.807) is 0 Å². The third-order valence-corrected chi connectivity index (χ3v) is 1.93. The molecule has 1 rings (SSSR count). The summed E-state index contributed by atoms with van der Waals surface area (Å²) in [6.45, 7) is 3.34. The summed E-state index contributed by atoms with van der Waals surface area (Å²) >= 11 is 0. The van der Waals surface area contributed by atoms with Crippen LogP contribution in [0.2, 0.25) is 0 Å². The first-order chi connectivity index (χ1) is 5.95. The minimum absolute atomic E-state index is 0.312. The molecular formula is C8H13NO3S. The second-order valence-corrected chi connectivity index (χ2v) is 4.08. The van der Waals surface area contributed by atoms with Gasteiger partial charge < -0.3 is 4.55 Å². The number of aromatic nitrogens is 1. The van der Waals surface area contributed by atoms with Crippen molar-refractivity contribution in [1.29, 1.82) is 0 Å². The van der Waals surface area contributed by atoms with Crippen LogP contribution in [0, 0.1) is 6.92 Å². The fourth-order valence-corrected chi connectivity index (χ4v) is 0.483. The van der Waals surface area contributed by atoms with E-state index in [9.17, 15) is 13.0 Å². The van der Waals surface area contributed by atoms with Crippen LogP contribution in [-0.2, 0) is 10.1 Å². The highest BCUT2D eigenvalue weighted by Crippen LogP contribution is 1.80. The van der Waals surface area contributed by atoms with E-state index in [0.29, 0.717) is 0 Å². The van der Waals surface area contributed by atoms with E-state index in [2.05, 4.69) is 4.98 Å². The van der Waals surface area contributed by atoms with E-state index in [-0.39, 0.29) is 5.75 Å². The molecule has 1 aromatic rings. The number of nitrogens with one attached hydrogen (secondary N) is 1. The van der Waals surface area contributed by atoms with Crippen molar-refractivity contribution in [3.63, 3.8) is 0 Å². The second-order valence-electron chi connectivity index (χ2n) is 2.39. The topological polar surface area (TPSA) is 71.3 Å². The van der Waals surface area contributed by atoms with Gasteiger partial charge in [0.2, 0.25) is 0 Å². The predicted molar refractivity (Wildman–Crippen MR) is 48.0 cm³/mol. The van der Waals surface area contributed by atoms with Gasteiger partial charge in [-0.05, 0) is 0 Å². The molecule has 0 spiro atoms. The first-order valence-corrected chi connectivity index (χ1v) is 5.40. The minimum atomic E-state index is -3.91. The van der Waals surface area contributed by atoms with Crippen LogP contribution in [0.15, 0.2) is 24.4 Å². The van der Waals surface area contributed by atoms with Crippen molar-refractivity contribution < 1.29 is 18.0 Å². The smallest absolute Gasteiger partial charge is 0.176 e.